The molecule has 1 atom stereocenters. The molecule has 2 N–H and O–H groups in total. The van der Waals surface area contributed by atoms with Gasteiger partial charge in [-0.15, -0.1) is 0 Å². The number of halogens is 2. The molecule has 0 aliphatic carbocycles. The van der Waals surface area contributed by atoms with Crippen LogP contribution in [0, 0.1) is 0 Å². The number of hydrogen-bond donors (Lipinski definition) is 1. The average Bonchev–Trinajstić information content (AvgIpc) is 2.36. The van der Waals surface area contributed by atoms with Crippen molar-refractivity contribution in [3.8, 4) is 0 Å². The van der Waals surface area contributed by atoms with Gasteiger partial charge in [0.15, 0.2) is 0 Å². The summed E-state index contributed by atoms with van der Waals surface area (Å²) in [5, 5.41) is 1.51. The Kier molecular flexibility index (Phi) is 5.17. The predicted octanol–water partition coefficient (Wildman–Crippen LogP) is 5.03. The number of rotatable bonds is 4. The lowest BCUT2D eigenvalue weighted by atomic mass is 10.1. The van der Waals surface area contributed by atoms with Gasteiger partial charge in [-0.05, 0) is 43.2 Å². The molecule has 4 heteroatoms. The van der Waals surface area contributed by atoms with E-state index in [1.165, 1.54) is 0 Å². The maximum Gasteiger partial charge on any atom is 0.0545 e. The van der Waals surface area contributed by atoms with E-state index in [0.717, 1.165) is 31.8 Å². The van der Waals surface area contributed by atoms with Gasteiger partial charge in [-0.3, -0.25) is 0 Å². The van der Waals surface area contributed by atoms with Gasteiger partial charge in [0.25, 0.3) is 0 Å². The van der Waals surface area contributed by atoms with Crippen LogP contribution >= 0.6 is 35.0 Å². The number of benzene rings is 2. The van der Waals surface area contributed by atoms with Crippen LogP contribution < -0.4 is 5.73 Å². The van der Waals surface area contributed by atoms with E-state index in [1.807, 2.05) is 43.3 Å². The van der Waals surface area contributed by atoms with E-state index in [4.69, 9.17) is 28.9 Å². The molecular formula is C15H15Cl2NS. The summed E-state index contributed by atoms with van der Waals surface area (Å²) >= 11 is 14.1. The van der Waals surface area contributed by atoms with Crippen molar-refractivity contribution in [2.45, 2.75) is 29.2 Å². The van der Waals surface area contributed by atoms with Crippen LogP contribution in [-0.4, -0.2) is 6.04 Å². The molecule has 0 amide bonds. The third-order valence-electron chi connectivity index (χ3n) is 2.66. The molecule has 1 unspecified atom stereocenters. The predicted molar refractivity (Wildman–Crippen MR) is 84.4 cm³/mol. The van der Waals surface area contributed by atoms with Crippen molar-refractivity contribution in [1.82, 2.24) is 0 Å². The van der Waals surface area contributed by atoms with Crippen LogP contribution in [0.15, 0.2) is 52.3 Å². The lowest BCUT2D eigenvalue weighted by Gasteiger charge is -2.13. The quantitative estimate of drug-likeness (QED) is 0.856. The average molecular weight is 312 g/mol. The molecule has 0 saturated carbocycles. The second-order valence-corrected chi connectivity index (χ2v) is 6.33. The highest BCUT2D eigenvalue weighted by Gasteiger charge is 2.11. The molecule has 100 valence electrons. The molecule has 0 aliphatic rings. The monoisotopic (exact) mass is 311 g/mol. The molecule has 0 aromatic heterocycles. The van der Waals surface area contributed by atoms with Crippen LogP contribution in [0.2, 0.25) is 10.0 Å². The van der Waals surface area contributed by atoms with Gasteiger partial charge in [0.2, 0.25) is 0 Å². The standard InChI is InChI=1S/C15H15Cl2NS/c1-10(18)9-11-12(16)6-4-8-14(11)19-15-7-3-2-5-13(15)17/h2-8,10H,9,18H2,1H3. The summed E-state index contributed by atoms with van der Waals surface area (Å²) < 4.78 is 0. The third kappa shape index (κ3) is 3.90. The first-order chi connectivity index (χ1) is 9.08. The summed E-state index contributed by atoms with van der Waals surface area (Å²) in [7, 11) is 0. The van der Waals surface area contributed by atoms with Gasteiger partial charge in [-0.2, -0.15) is 0 Å². The molecule has 19 heavy (non-hydrogen) atoms. The molecule has 0 spiro atoms. The largest absolute Gasteiger partial charge is 0.328 e. The van der Waals surface area contributed by atoms with E-state index in [-0.39, 0.29) is 6.04 Å². The first kappa shape index (κ1) is 14.7. The van der Waals surface area contributed by atoms with Crippen molar-refractivity contribution in [2.24, 2.45) is 5.73 Å². The van der Waals surface area contributed by atoms with E-state index in [0.29, 0.717) is 0 Å². The summed E-state index contributed by atoms with van der Waals surface area (Å²) in [6.45, 7) is 1.98. The Labute approximate surface area is 128 Å². The van der Waals surface area contributed by atoms with Crippen molar-refractivity contribution < 1.29 is 0 Å². The van der Waals surface area contributed by atoms with Crippen molar-refractivity contribution in [3.05, 3.63) is 58.1 Å². The van der Waals surface area contributed by atoms with Crippen LogP contribution in [0.3, 0.4) is 0 Å². The summed E-state index contributed by atoms with van der Waals surface area (Å²) in [5.41, 5.74) is 6.98. The van der Waals surface area contributed by atoms with Crippen LogP contribution in [0.4, 0.5) is 0 Å². The zero-order valence-corrected chi connectivity index (χ0v) is 12.9. The van der Waals surface area contributed by atoms with Gasteiger partial charge in [0.05, 0.1) is 5.02 Å². The Morgan fingerprint density at radius 3 is 2.32 bits per heavy atom. The molecule has 0 radical (unpaired) electrons. The molecule has 0 aliphatic heterocycles. The second-order valence-electron chi connectivity index (χ2n) is 4.43. The lowest BCUT2D eigenvalue weighted by molar-refractivity contribution is 0.729. The van der Waals surface area contributed by atoms with Crippen molar-refractivity contribution in [2.75, 3.05) is 0 Å². The van der Waals surface area contributed by atoms with Crippen molar-refractivity contribution >= 4 is 35.0 Å². The van der Waals surface area contributed by atoms with Crippen molar-refractivity contribution in [3.63, 3.8) is 0 Å². The smallest absolute Gasteiger partial charge is 0.0545 e. The highest BCUT2D eigenvalue weighted by Crippen LogP contribution is 2.37. The SMILES string of the molecule is CC(N)Cc1c(Cl)cccc1Sc1ccccc1Cl. The lowest BCUT2D eigenvalue weighted by Crippen LogP contribution is -2.18. The topological polar surface area (TPSA) is 26.0 Å². The highest BCUT2D eigenvalue weighted by atomic mass is 35.5. The Balaban J connectivity index is 2.35. The van der Waals surface area contributed by atoms with Crippen molar-refractivity contribution in [1.29, 1.82) is 0 Å². The molecule has 0 heterocycles. The molecule has 1 nitrogen and oxygen atoms in total. The fourth-order valence-corrected chi connectivity index (χ4v) is 3.37. The Morgan fingerprint density at radius 1 is 1.00 bits per heavy atom. The number of nitrogens with two attached hydrogens (primary N) is 1. The van der Waals surface area contributed by atoms with E-state index < -0.39 is 0 Å². The van der Waals surface area contributed by atoms with Gasteiger partial charge < -0.3 is 5.73 Å². The second kappa shape index (κ2) is 6.67. The zero-order chi connectivity index (χ0) is 13.8. The molecule has 0 fully saturated rings. The summed E-state index contributed by atoms with van der Waals surface area (Å²) in [4.78, 5) is 2.13. The van der Waals surface area contributed by atoms with Crippen LogP contribution in [0.25, 0.3) is 0 Å². The van der Waals surface area contributed by atoms with E-state index in [9.17, 15) is 0 Å². The number of hydrogen-bond acceptors (Lipinski definition) is 2. The summed E-state index contributed by atoms with van der Waals surface area (Å²) in [6.07, 6.45) is 0.756. The van der Waals surface area contributed by atoms with Crippen LogP contribution in [0.1, 0.15) is 12.5 Å². The highest BCUT2D eigenvalue weighted by molar-refractivity contribution is 7.99. The maximum atomic E-state index is 6.28. The maximum absolute atomic E-state index is 6.28. The minimum Gasteiger partial charge on any atom is -0.328 e. The van der Waals surface area contributed by atoms with Gasteiger partial charge >= 0.3 is 0 Å². The fraction of sp³-hybridized carbons (Fsp3) is 0.200. The third-order valence-corrected chi connectivity index (χ3v) is 4.63. The molecule has 0 bridgehead atoms. The van der Waals surface area contributed by atoms with Gasteiger partial charge in [-0.1, -0.05) is 53.2 Å². The zero-order valence-electron chi connectivity index (χ0n) is 10.6. The van der Waals surface area contributed by atoms with Gasteiger partial charge in [-0.25, -0.2) is 0 Å². The van der Waals surface area contributed by atoms with E-state index in [2.05, 4.69) is 6.07 Å². The Hall–Kier alpha value is -0.670. The van der Waals surface area contributed by atoms with Crippen LogP contribution in [-0.2, 0) is 6.42 Å². The minimum absolute atomic E-state index is 0.0745. The molecule has 0 saturated heterocycles. The molecule has 2 aromatic rings. The first-order valence-electron chi connectivity index (χ1n) is 6.03. The summed E-state index contributed by atoms with van der Waals surface area (Å²) in [6, 6.07) is 13.8. The molecule has 2 aromatic carbocycles. The minimum atomic E-state index is 0.0745. The Bertz CT molecular complexity index is 570. The van der Waals surface area contributed by atoms with E-state index in [1.54, 1.807) is 11.8 Å². The molecular weight excluding hydrogens is 297 g/mol. The summed E-state index contributed by atoms with van der Waals surface area (Å²) in [5.74, 6) is 0. The first-order valence-corrected chi connectivity index (χ1v) is 7.60. The Morgan fingerprint density at radius 2 is 1.63 bits per heavy atom. The normalized spacial score (nSPS) is 12.4. The van der Waals surface area contributed by atoms with Gasteiger partial charge in [0.1, 0.15) is 0 Å². The molecule has 2 rings (SSSR count). The fourth-order valence-electron chi connectivity index (χ4n) is 1.80. The van der Waals surface area contributed by atoms with Gasteiger partial charge in [0, 0.05) is 20.9 Å². The van der Waals surface area contributed by atoms with Crippen LogP contribution in [0.5, 0.6) is 0 Å². The van der Waals surface area contributed by atoms with E-state index >= 15 is 0 Å².